The van der Waals surface area contributed by atoms with E-state index in [0.717, 1.165) is 33.4 Å². The molecule has 2 aromatic carbocycles. The first-order chi connectivity index (χ1) is 18.1. The van der Waals surface area contributed by atoms with E-state index in [1.165, 1.54) is 12.5 Å². The average molecular weight is 537 g/mol. The lowest BCUT2D eigenvalue weighted by atomic mass is 9.83. The number of aromatic hydroxyl groups is 2. The van der Waals surface area contributed by atoms with E-state index in [1.54, 1.807) is 12.2 Å². The SMILES string of the molecule is Cc1cc(CCC(=O)OC=CCC=COC(=O)CCc2cc(C)c(O)c(C(C)(C)C)c2)cc(C(C)(C)C)c1O. The number of ether oxygens (including phenoxy) is 2. The molecule has 0 aliphatic carbocycles. The zero-order valence-corrected chi connectivity index (χ0v) is 24.7. The van der Waals surface area contributed by atoms with E-state index in [4.69, 9.17) is 9.47 Å². The molecule has 6 heteroatoms. The Balaban J connectivity index is 1.73. The van der Waals surface area contributed by atoms with Crippen molar-refractivity contribution in [1.82, 2.24) is 0 Å². The fraction of sp³-hybridized carbons (Fsp3) is 0.455. The molecular weight excluding hydrogens is 492 g/mol. The number of phenolic OH excluding ortho intramolecular Hbond substituents is 2. The van der Waals surface area contributed by atoms with E-state index in [1.807, 2.05) is 79.7 Å². The Morgan fingerprint density at radius 2 is 1.05 bits per heavy atom. The van der Waals surface area contributed by atoms with Crippen molar-refractivity contribution < 1.29 is 29.3 Å². The lowest BCUT2D eigenvalue weighted by Gasteiger charge is -2.22. The number of allylic oxidation sites excluding steroid dienone is 2. The highest BCUT2D eigenvalue weighted by atomic mass is 16.5. The summed E-state index contributed by atoms with van der Waals surface area (Å²) in [4.78, 5) is 24.2. The summed E-state index contributed by atoms with van der Waals surface area (Å²) in [5, 5.41) is 20.7. The summed E-state index contributed by atoms with van der Waals surface area (Å²) in [6.07, 6.45) is 7.96. The van der Waals surface area contributed by atoms with Crippen LogP contribution in [0.3, 0.4) is 0 Å². The normalized spacial score (nSPS) is 12.3. The maximum Gasteiger partial charge on any atom is 0.310 e. The predicted octanol–water partition coefficient (Wildman–Crippen LogP) is 7.38. The van der Waals surface area contributed by atoms with Crippen LogP contribution in [0.15, 0.2) is 48.9 Å². The van der Waals surface area contributed by atoms with Gasteiger partial charge in [0.25, 0.3) is 0 Å². The smallest absolute Gasteiger partial charge is 0.310 e. The molecule has 0 atom stereocenters. The molecule has 2 aromatic rings. The van der Waals surface area contributed by atoms with Gasteiger partial charge in [-0.2, -0.15) is 0 Å². The van der Waals surface area contributed by atoms with Gasteiger partial charge in [0.15, 0.2) is 0 Å². The van der Waals surface area contributed by atoms with Crippen LogP contribution >= 0.6 is 0 Å². The Bertz CT molecular complexity index is 1130. The fourth-order valence-corrected chi connectivity index (χ4v) is 4.19. The van der Waals surface area contributed by atoms with Crippen LogP contribution in [0.1, 0.15) is 94.2 Å². The van der Waals surface area contributed by atoms with E-state index >= 15 is 0 Å². The van der Waals surface area contributed by atoms with Crippen molar-refractivity contribution >= 4 is 11.9 Å². The molecule has 0 amide bonds. The Labute approximate surface area is 233 Å². The monoisotopic (exact) mass is 536 g/mol. The van der Waals surface area contributed by atoms with Gasteiger partial charge in [-0.1, -0.05) is 65.8 Å². The Hall–Kier alpha value is -3.54. The minimum atomic E-state index is -0.344. The van der Waals surface area contributed by atoms with Crippen LogP contribution in [0, 0.1) is 13.8 Å². The van der Waals surface area contributed by atoms with Crippen LogP contribution < -0.4 is 0 Å². The van der Waals surface area contributed by atoms with Crippen LogP contribution in [0.4, 0.5) is 0 Å². The number of carbonyl (C=O) groups excluding carboxylic acids is 2. The van der Waals surface area contributed by atoms with Gasteiger partial charge in [0.05, 0.1) is 12.5 Å². The third-order valence-corrected chi connectivity index (χ3v) is 6.44. The van der Waals surface area contributed by atoms with Crippen molar-refractivity contribution in [3.8, 4) is 11.5 Å². The number of carbonyl (C=O) groups is 2. The Kier molecular flexibility index (Phi) is 11.0. The van der Waals surface area contributed by atoms with E-state index in [0.29, 0.717) is 30.8 Å². The molecule has 0 spiro atoms. The fourth-order valence-electron chi connectivity index (χ4n) is 4.19. The summed E-state index contributed by atoms with van der Waals surface area (Å²) in [5.41, 5.74) is 4.89. The topological polar surface area (TPSA) is 93.1 Å². The van der Waals surface area contributed by atoms with Crippen LogP contribution in [-0.2, 0) is 42.7 Å². The maximum atomic E-state index is 12.1. The summed E-state index contributed by atoms with van der Waals surface area (Å²) in [6.45, 7) is 16.0. The number of rotatable bonds is 10. The quantitative estimate of drug-likeness (QED) is 0.243. The summed E-state index contributed by atoms with van der Waals surface area (Å²) < 4.78 is 10.3. The number of hydrogen-bond acceptors (Lipinski definition) is 6. The Morgan fingerprint density at radius 3 is 1.38 bits per heavy atom. The maximum absolute atomic E-state index is 12.1. The molecule has 0 aliphatic rings. The second kappa shape index (κ2) is 13.5. The molecule has 0 unspecified atom stereocenters. The van der Waals surface area contributed by atoms with Crippen molar-refractivity contribution in [3.05, 3.63) is 82.3 Å². The largest absolute Gasteiger partial charge is 0.507 e. The molecule has 39 heavy (non-hydrogen) atoms. The number of benzene rings is 2. The standard InChI is InChI=1S/C33H44O6/c1-22-18-24(20-26(30(22)36)32(3,4)5)12-14-28(34)38-16-10-9-11-17-39-29(35)15-13-25-19-23(2)31(37)27(21-25)33(6,7)8/h10-11,16-21,36-37H,9,12-15H2,1-8H3. The van der Waals surface area contributed by atoms with Crippen molar-refractivity contribution in [2.45, 2.75) is 98.3 Å². The van der Waals surface area contributed by atoms with E-state index in [-0.39, 0.29) is 35.6 Å². The van der Waals surface area contributed by atoms with Gasteiger partial charge in [0.1, 0.15) is 11.5 Å². The summed E-state index contributed by atoms with van der Waals surface area (Å²) in [5.74, 6) is -0.0808. The molecule has 0 fully saturated rings. The van der Waals surface area contributed by atoms with Gasteiger partial charge < -0.3 is 19.7 Å². The summed E-state index contributed by atoms with van der Waals surface area (Å²) >= 11 is 0. The summed E-state index contributed by atoms with van der Waals surface area (Å²) in [6, 6.07) is 7.70. The third-order valence-electron chi connectivity index (χ3n) is 6.44. The van der Waals surface area contributed by atoms with Crippen LogP contribution in [0.25, 0.3) is 0 Å². The zero-order chi connectivity index (χ0) is 29.4. The molecule has 2 N–H and O–H groups in total. The van der Waals surface area contributed by atoms with Gasteiger partial charge in [-0.25, -0.2) is 0 Å². The molecule has 0 aromatic heterocycles. The van der Waals surface area contributed by atoms with Crippen LogP contribution in [0.5, 0.6) is 11.5 Å². The van der Waals surface area contributed by atoms with E-state index < -0.39 is 0 Å². The third kappa shape index (κ3) is 9.93. The van der Waals surface area contributed by atoms with Crippen molar-refractivity contribution in [2.75, 3.05) is 0 Å². The minimum absolute atomic E-state index is 0.196. The molecule has 6 nitrogen and oxygen atoms in total. The molecule has 2 rings (SSSR count). The molecule has 0 radical (unpaired) electrons. The van der Waals surface area contributed by atoms with Gasteiger partial charge in [-0.05, 0) is 89.5 Å². The van der Waals surface area contributed by atoms with Crippen LogP contribution in [0.2, 0.25) is 0 Å². The minimum Gasteiger partial charge on any atom is -0.507 e. The van der Waals surface area contributed by atoms with Gasteiger partial charge in [-0.3, -0.25) is 9.59 Å². The molecule has 0 saturated heterocycles. The van der Waals surface area contributed by atoms with Gasteiger partial charge in [-0.15, -0.1) is 0 Å². The van der Waals surface area contributed by atoms with E-state index in [2.05, 4.69) is 0 Å². The summed E-state index contributed by atoms with van der Waals surface area (Å²) in [7, 11) is 0. The molecule has 212 valence electrons. The Morgan fingerprint density at radius 1 is 0.692 bits per heavy atom. The van der Waals surface area contributed by atoms with Crippen molar-refractivity contribution in [2.24, 2.45) is 0 Å². The predicted molar refractivity (Wildman–Crippen MR) is 155 cm³/mol. The lowest BCUT2D eigenvalue weighted by Crippen LogP contribution is -2.13. The first-order valence-corrected chi connectivity index (χ1v) is 13.4. The number of esters is 2. The average Bonchev–Trinajstić information content (AvgIpc) is 2.83. The molecule has 0 heterocycles. The first-order valence-electron chi connectivity index (χ1n) is 13.4. The molecular formula is C33H44O6. The van der Waals surface area contributed by atoms with Gasteiger partial charge >= 0.3 is 11.9 Å². The zero-order valence-electron chi connectivity index (χ0n) is 24.7. The van der Waals surface area contributed by atoms with Gasteiger partial charge in [0.2, 0.25) is 0 Å². The molecule has 0 bridgehead atoms. The van der Waals surface area contributed by atoms with Crippen molar-refractivity contribution in [3.63, 3.8) is 0 Å². The van der Waals surface area contributed by atoms with Crippen LogP contribution in [-0.4, -0.2) is 22.2 Å². The molecule has 0 aliphatic heterocycles. The second-order valence-corrected chi connectivity index (χ2v) is 12.1. The number of phenols is 2. The number of hydrogen-bond donors (Lipinski definition) is 2. The molecule has 0 saturated carbocycles. The highest BCUT2D eigenvalue weighted by Gasteiger charge is 2.21. The number of aryl methyl sites for hydroxylation is 4. The first kappa shape index (κ1) is 31.7. The lowest BCUT2D eigenvalue weighted by molar-refractivity contribution is -0.138. The highest BCUT2D eigenvalue weighted by Crippen LogP contribution is 2.35. The van der Waals surface area contributed by atoms with E-state index in [9.17, 15) is 19.8 Å². The van der Waals surface area contributed by atoms with Gasteiger partial charge in [0, 0.05) is 12.8 Å². The second-order valence-electron chi connectivity index (χ2n) is 12.1. The highest BCUT2D eigenvalue weighted by molar-refractivity contribution is 5.71. The van der Waals surface area contributed by atoms with Crippen molar-refractivity contribution in [1.29, 1.82) is 0 Å².